The second kappa shape index (κ2) is 20.7. The Hall–Kier alpha value is -0.590. The third kappa shape index (κ3) is 19.7. The maximum atomic E-state index is 11.4. The highest BCUT2D eigenvalue weighted by atomic mass is 16.1. The summed E-state index contributed by atoms with van der Waals surface area (Å²) in [6.45, 7) is 7.81. The van der Waals surface area contributed by atoms with Crippen LogP contribution in [0.4, 0.5) is 0 Å². The van der Waals surface area contributed by atoms with Crippen molar-refractivity contribution in [1.29, 1.82) is 0 Å². The minimum absolute atomic E-state index is 0.247. The van der Waals surface area contributed by atoms with Crippen LogP contribution in [-0.2, 0) is 4.79 Å². The Balaban J connectivity index is 3.05. The molecule has 0 unspecified atom stereocenters. The Morgan fingerprint density at radius 2 is 0.808 bits per heavy atom. The fraction of sp³-hybridized carbons (Fsp3) is 0.880. The predicted molar refractivity (Wildman–Crippen MR) is 118 cm³/mol. The van der Waals surface area contributed by atoms with Crippen LogP contribution < -0.4 is 0 Å². The summed E-state index contributed by atoms with van der Waals surface area (Å²) in [7, 11) is 0. The molecule has 0 saturated heterocycles. The van der Waals surface area contributed by atoms with E-state index in [1.165, 1.54) is 116 Å². The molecule has 0 fully saturated rings. The van der Waals surface area contributed by atoms with Crippen molar-refractivity contribution in [2.45, 2.75) is 142 Å². The van der Waals surface area contributed by atoms with Gasteiger partial charge < -0.3 is 0 Å². The van der Waals surface area contributed by atoms with Gasteiger partial charge in [0.2, 0.25) is 0 Å². The molecular weight excluding hydrogens is 316 g/mol. The molecule has 0 atom stereocenters. The van der Waals surface area contributed by atoms with Gasteiger partial charge in [0.25, 0.3) is 0 Å². The Bertz CT molecular complexity index is 318. The summed E-state index contributed by atoms with van der Waals surface area (Å²) in [5.41, 5.74) is 0.715. The van der Waals surface area contributed by atoms with E-state index in [9.17, 15) is 4.79 Å². The summed E-state index contributed by atoms with van der Waals surface area (Å²) in [6.07, 6.45) is 27.1. The fourth-order valence-corrected chi connectivity index (χ4v) is 3.58. The van der Waals surface area contributed by atoms with Crippen LogP contribution in [0.1, 0.15) is 142 Å². The number of Topliss-reactive ketones (excluding diaryl/α,β-unsaturated/α-hetero) is 1. The maximum Gasteiger partial charge on any atom is 0.157 e. The van der Waals surface area contributed by atoms with Crippen LogP contribution >= 0.6 is 0 Å². The lowest BCUT2D eigenvalue weighted by Gasteiger charge is -2.04. The van der Waals surface area contributed by atoms with Gasteiger partial charge in [0.15, 0.2) is 5.78 Å². The summed E-state index contributed by atoms with van der Waals surface area (Å²) >= 11 is 0. The highest BCUT2D eigenvalue weighted by Gasteiger charge is 2.01. The lowest BCUT2D eigenvalue weighted by molar-refractivity contribution is -0.115. The van der Waals surface area contributed by atoms with Crippen LogP contribution in [0.3, 0.4) is 0 Å². The molecule has 0 saturated carbocycles. The molecule has 0 aliphatic heterocycles. The van der Waals surface area contributed by atoms with Gasteiger partial charge in [-0.25, -0.2) is 0 Å². The van der Waals surface area contributed by atoms with Crippen molar-refractivity contribution in [1.82, 2.24) is 0 Å². The van der Waals surface area contributed by atoms with Gasteiger partial charge in [-0.2, -0.15) is 0 Å². The van der Waals surface area contributed by atoms with E-state index in [0.717, 1.165) is 6.42 Å². The van der Waals surface area contributed by atoms with Crippen LogP contribution in [0.5, 0.6) is 0 Å². The van der Waals surface area contributed by atoms with E-state index in [0.29, 0.717) is 12.0 Å². The maximum absolute atomic E-state index is 11.4. The highest BCUT2D eigenvalue weighted by Crippen LogP contribution is 2.15. The van der Waals surface area contributed by atoms with Crippen LogP contribution in [0.25, 0.3) is 0 Å². The van der Waals surface area contributed by atoms with Gasteiger partial charge in [0.1, 0.15) is 0 Å². The third-order valence-corrected chi connectivity index (χ3v) is 5.48. The summed E-state index contributed by atoms with van der Waals surface area (Å²) < 4.78 is 0. The normalized spacial score (nSPS) is 11.0. The van der Waals surface area contributed by atoms with E-state index >= 15 is 0 Å². The molecule has 0 aliphatic carbocycles. The molecule has 0 amide bonds. The second-order valence-corrected chi connectivity index (χ2v) is 8.32. The number of unbranched alkanes of at least 4 members (excludes halogenated alkanes) is 18. The predicted octanol–water partition coefficient (Wildman–Crippen LogP) is 8.95. The molecule has 0 radical (unpaired) electrons. The van der Waals surface area contributed by atoms with Crippen molar-refractivity contribution in [3.8, 4) is 0 Å². The van der Waals surface area contributed by atoms with Crippen molar-refractivity contribution in [3.63, 3.8) is 0 Å². The minimum Gasteiger partial charge on any atom is -0.295 e. The number of hydrogen-bond donors (Lipinski definition) is 0. The molecule has 0 heterocycles. The first-order chi connectivity index (χ1) is 12.7. The standard InChI is InChI=1S/C25H48O/c1-4-5-6-7-8-9-10-11-12-13-14-15-16-17-18-19-20-21-22-23-25(26)24(2)3/h2,4-23H2,1,3H3. The monoisotopic (exact) mass is 364 g/mol. The van der Waals surface area contributed by atoms with E-state index in [1.54, 1.807) is 0 Å². The molecular formula is C25H48O. The second-order valence-electron chi connectivity index (χ2n) is 8.32. The molecule has 0 spiro atoms. The number of ketones is 1. The molecule has 0 rings (SSSR count). The molecule has 26 heavy (non-hydrogen) atoms. The van der Waals surface area contributed by atoms with Crippen molar-refractivity contribution in [2.75, 3.05) is 0 Å². The van der Waals surface area contributed by atoms with E-state index in [4.69, 9.17) is 0 Å². The smallest absolute Gasteiger partial charge is 0.157 e. The van der Waals surface area contributed by atoms with Crippen molar-refractivity contribution in [3.05, 3.63) is 12.2 Å². The van der Waals surface area contributed by atoms with Crippen molar-refractivity contribution in [2.24, 2.45) is 0 Å². The van der Waals surface area contributed by atoms with E-state index in [-0.39, 0.29) is 5.78 Å². The molecule has 154 valence electrons. The molecule has 0 aromatic heterocycles. The Morgan fingerprint density at radius 1 is 0.538 bits per heavy atom. The molecule has 0 N–H and O–H groups in total. The average Bonchev–Trinajstić information content (AvgIpc) is 2.63. The zero-order valence-corrected chi connectivity index (χ0v) is 18.3. The molecule has 0 aromatic rings. The van der Waals surface area contributed by atoms with Gasteiger partial charge in [0, 0.05) is 6.42 Å². The van der Waals surface area contributed by atoms with Crippen LogP contribution in [0.15, 0.2) is 12.2 Å². The van der Waals surface area contributed by atoms with E-state index in [1.807, 2.05) is 6.92 Å². The van der Waals surface area contributed by atoms with Gasteiger partial charge in [-0.05, 0) is 18.9 Å². The van der Waals surface area contributed by atoms with Gasteiger partial charge in [-0.3, -0.25) is 4.79 Å². The number of allylic oxidation sites excluding steroid dienone is 1. The fourth-order valence-electron chi connectivity index (χ4n) is 3.58. The first kappa shape index (κ1) is 25.4. The van der Waals surface area contributed by atoms with Gasteiger partial charge in [-0.15, -0.1) is 0 Å². The number of carbonyl (C=O) groups excluding carboxylic acids is 1. The first-order valence-corrected chi connectivity index (χ1v) is 11.9. The minimum atomic E-state index is 0.247. The average molecular weight is 365 g/mol. The lowest BCUT2D eigenvalue weighted by Crippen LogP contribution is -1.97. The molecule has 1 heteroatoms. The largest absolute Gasteiger partial charge is 0.295 e. The quantitative estimate of drug-likeness (QED) is 0.147. The molecule has 1 nitrogen and oxygen atoms in total. The SMILES string of the molecule is C=C(C)C(=O)CCCCCCCCCCCCCCCCCCCCC. The Labute approximate surface area is 165 Å². The van der Waals surface area contributed by atoms with E-state index < -0.39 is 0 Å². The third-order valence-electron chi connectivity index (χ3n) is 5.48. The van der Waals surface area contributed by atoms with E-state index in [2.05, 4.69) is 13.5 Å². The number of carbonyl (C=O) groups is 1. The highest BCUT2D eigenvalue weighted by molar-refractivity contribution is 5.93. The Kier molecular flexibility index (Phi) is 20.2. The summed E-state index contributed by atoms with van der Waals surface area (Å²) in [5.74, 6) is 0.247. The zero-order valence-electron chi connectivity index (χ0n) is 18.3. The van der Waals surface area contributed by atoms with Crippen LogP contribution in [-0.4, -0.2) is 5.78 Å². The lowest BCUT2D eigenvalue weighted by atomic mass is 10.0. The number of rotatable bonds is 21. The molecule has 0 bridgehead atoms. The topological polar surface area (TPSA) is 17.1 Å². The molecule has 0 aromatic carbocycles. The molecule has 0 aliphatic rings. The zero-order chi connectivity index (χ0) is 19.3. The van der Waals surface area contributed by atoms with Gasteiger partial charge in [-0.1, -0.05) is 129 Å². The van der Waals surface area contributed by atoms with Crippen LogP contribution in [0.2, 0.25) is 0 Å². The van der Waals surface area contributed by atoms with Crippen LogP contribution in [0, 0.1) is 0 Å². The summed E-state index contributed by atoms with van der Waals surface area (Å²) in [6, 6.07) is 0. The van der Waals surface area contributed by atoms with Gasteiger partial charge in [0.05, 0.1) is 0 Å². The van der Waals surface area contributed by atoms with Crippen molar-refractivity contribution >= 4 is 5.78 Å². The van der Waals surface area contributed by atoms with Crippen molar-refractivity contribution < 1.29 is 4.79 Å². The first-order valence-electron chi connectivity index (χ1n) is 11.9. The number of hydrogen-bond acceptors (Lipinski definition) is 1. The summed E-state index contributed by atoms with van der Waals surface area (Å²) in [4.78, 5) is 11.4. The Morgan fingerprint density at radius 3 is 1.08 bits per heavy atom. The van der Waals surface area contributed by atoms with Gasteiger partial charge >= 0.3 is 0 Å². The summed E-state index contributed by atoms with van der Waals surface area (Å²) in [5, 5.41) is 0.